The summed E-state index contributed by atoms with van der Waals surface area (Å²) in [5.74, 6) is 0.157. The molecule has 8 atom stereocenters. The lowest BCUT2D eigenvalue weighted by Gasteiger charge is -2.39. The van der Waals surface area contributed by atoms with E-state index >= 15 is 0 Å². The van der Waals surface area contributed by atoms with E-state index in [1.807, 2.05) is 20.0 Å². The fraction of sp³-hybridized carbons (Fsp3) is 0.618. The quantitative estimate of drug-likeness (QED) is 0.161. The van der Waals surface area contributed by atoms with Gasteiger partial charge < -0.3 is 40.4 Å². The van der Waals surface area contributed by atoms with Crippen LogP contribution in [0.4, 0.5) is 0 Å². The van der Waals surface area contributed by atoms with Crippen LogP contribution in [0.5, 0.6) is 0 Å². The number of hydrogen-bond donors (Lipinski definition) is 6. The maximum absolute atomic E-state index is 13.3. The van der Waals surface area contributed by atoms with Gasteiger partial charge in [0, 0.05) is 85.7 Å². The van der Waals surface area contributed by atoms with Crippen LogP contribution in [0.25, 0.3) is 11.6 Å². The highest BCUT2D eigenvalue weighted by Gasteiger charge is 2.45. The van der Waals surface area contributed by atoms with Crippen molar-refractivity contribution in [2.24, 2.45) is 21.8 Å². The smallest absolute Gasteiger partial charge is 0.222 e. The Hall–Kier alpha value is -2.94. The van der Waals surface area contributed by atoms with Gasteiger partial charge in [0.15, 0.2) is 5.44 Å². The Morgan fingerprint density at radius 1 is 1.21 bits per heavy atom. The van der Waals surface area contributed by atoms with Gasteiger partial charge in [-0.25, -0.2) is 0 Å². The number of likely N-dealkylation sites (N-methyl/N-ethyl adjacent to an activating group) is 1. The van der Waals surface area contributed by atoms with Crippen LogP contribution in [0.1, 0.15) is 52.5 Å². The third-order valence-corrected chi connectivity index (χ3v) is 10.6. The lowest BCUT2D eigenvalue weighted by atomic mass is 9.84. The van der Waals surface area contributed by atoms with Gasteiger partial charge in [-0.05, 0) is 69.9 Å². The van der Waals surface area contributed by atoms with Crippen LogP contribution in [0, 0.1) is 18.8 Å². The van der Waals surface area contributed by atoms with Gasteiger partial charge in [-0.1, -0.05) is 12.5 Å². The minimum Gasteiger partial charge on any atom is -0.394 e. The topological polar surface area (TPSA) is 180 Å². The molecule has 0 radical (unpaired) electrons. The standard InChI is InChI=1S/C34H53N5O7S/c1-19(2)25(36-7)17-27-21(4)23(30(38-27)22(5)26-16-20(3)24(37-26)12-13-35-6)10-11-29(41)39(8)14-9-15-47(45)34-33(44)32(43)31(42)28(18-40)46-34/h12-13,16-17,21,23,28,31-34,36-37,40,42-44H,9-11,14-15,18H2,1-8H3/b24-12-,26-22-,27-17-,35-13?/t21-,23-,28+,31+,32-,33+,34-,47?/m0/s1. The molecule has 1 saturated heterocycles. The maximum Gasteiger partial charge on any atom is 0.222 e. The fourth-order valence-corrected chi connectivity index (χ4v) is 7.35. The first-order valence-corrected chi connectivity index (χ1v) is 17.5. The Bertz CT molecular complexity index is 1520. The predicted molar refractivity (Wildman–Crippen MR) is 187 cm³/mol. The van der Waals surface area contributed by atoms with E-state index in [4.69, 9.17) is 9.73 Å². The molecule has 2 aliphatic heterocycles. The van der Waals surface area contributed by atoms with Crippen LogP contribution in [0.2, 0.25) is 0 Å². The number of hydrogen-bond acceptors (Lipinski definition) is 10. The van der Waals surface area contributed by atoms with E-state index in [1.54, 1.807) is 25.2 Å². The largest absolute Gasteiger partial charge is 0.394 e. The second kappa shape index (κ2) is 17.5. The molecule has 0 bridgehead atoms. The van der Waals surface area contributed by atoms with Crippen molar-refractivity contribution in [1.29, 1.82) is 0 Å². The zero-order valence-corrected chi connectivity index (χ0v) is 29.7. The molecule has 0 aromatic carbocycles. The van der Waals surface area contributed by atoms with Crippen LogP contribution in [0.3, 0.4) is 0 Å². The number of aliphatic hydroxyl groups excluding tert-OH is 4. The number of aryl methyl sites for hydroxylation is 1. The zero-order chi connectivity index (χ0) is 35.0. The lowest BCUT2D eigenvalue weighted by molar-refractivity contribution is -0.206. The minimum absolute atomic E-state index is 0.0146. The molecule has 0 aliphatic carbocycles. The Balaban J connectivity index is 1.73. The second-order valence-corrected chi connectivity index (χ2v) is 14.2. The van der Waals surface area contributed by atoms with Crippen molar-refractivity contribution in [2.75, 3.05) is 40.0 Å². The molecular formula is C34H53N5O7S. The van der Waals surface area contributed by atoms with E-state index in [0.29, 0.717) is 25.8 Å². The number of aliphatic hydroxyl groups is 4. The third-order valence-electron chi connectivity index (χ3n) is 9.05. The van der Waals surface area contributed by atoms with Crippen LogP contribution in [-0.4, -0.2) is 122 Å². The van der Waals surface area contributed by atoms with Crippen LogP contribution in [0.15, 0.2) is 39.1 Å². The lowest BCUT2D eigenvalue weighted by Crippen LogP contribution is -2.59. The highest BCUT2D eigenvalue weighted by Crippen LogP contribution is 2.37. The first kappa shape index (κ1) is 38.5. The van der Waals surface area contributed by atoms with Crippen LogP contribution < -0.4 is 16.0 Å². The molecule has 6 N–H and O–H groups in total. The number of H-pyrrole nitrogens is 1. The number of aromatic amines is 1. The molecule has 12 nitrogen and oxygen atoms in total. The molecule has 1 amide bonds. The van der Waals surface area contributed by atoms with Gasteiger partial charge in [-0.2, -0.15) is 0 Å². The number of carbonyl (C=O) groups is 1. The third kappa shape index (κ3) is 9.36. The van der Waals surface area contributed by atoms with E-state index in [2.05, 4.69) is 55.1 Å². The van der Waals surface area contributed by atoms with E-state index < -0.39 is 47.3 Å². The maximum atomic E-state index is 13.3. The van der Waals surface area contributed by atoms with Gasteiger partial charge in [0.05, 0.1) is 17.4 Å². The number of aliphatic imine (C=N–C) groups is 2. The molecule has 262 valence electrons. The summed E-state index contributed by atoms with van der Waals surface area (Å²) < 4.78 is 18.3. The van der Waals surface area contributed by atoms with Crippen molar-refractivity contribution in [3.63, 3.8) is 0 Å². The number of carbonyl (C=O) groups excluding carboxylic acids is 1. The molecule has 1 aromatic rings. The van der Waals surface area contributed by atoms with Crippen molar-refractivity contribution >= 4 is 40.3 Å². The summed E-state index contributed by atoms with van der Waals surface area (Å²) in [6, 6.07) is 2.11. The molecule has 47 heavy (non-hydrogen) atoms. The zero-order valence-electron chi connectivity index (χ0n) is 28.9. The van der Waals surface area contributed by atoms with Crippen molar-refractivity contribution in [3.8, 4) is 0 Å². The molecule has 3 rings (SSSR count). The Morgan fingerprint density at radius 2 is 1.91 bits per heavy atom. The normalized spacial score (nSPS) is 28.9. The molecule has 1 aromatic heterocycles. The molecule has 3 heterocycles. The highest BCUT2D eigenvalue weighted by molar-refractivity contribution is 7.85. The summed E-state index contributed by atoms with van der Waals surface area (Å²) in [5, 5.41) is 44.9. The predicted octanol–water partition coefficient (Wildman–Crippen LogP) is 0.256. The number of rotatable bonds is 13. The highest BCUT2D eigenvalue weighted by atomic mass is 32.2. The Kier molecular flexibility index (Phi) is 14.3. The monoisotopic (exact) mass is 675 g/mol. The molecule has 1 fully saturated rings. The average molecular weight is 676 g/mol. The summed E-state index contributed by atoms with van der Waals surface area (Å²) in [4.78, 5) is 27.6. The number of allylic oxidation sites excluding steroid dienone is 3. The average Bonchev–Trinajstić information content (AvgIpc) is 3.57. The second-order valence-electron chi connectivity index (χ2n) is 12.6. The summed E-state index contributed by atoms with van der Waals surface area (Å²) in [5.41, 5.74) is 4.95. The van der Waals surface area contributed by atoms with Crippen LogP contribution >= 0.6 is 0 Å². The van der Waals surface area contributed by atoms with Gasteiger partial charge in [-0.3, -0.25) is 19.0 Å². The Labute approximate surface area is 280 Å². The first-order chi connectivity index (χ1) is 22.2. The van der Waals surface area contributed by atoms with Gasteiger partial charge in [0.2, 0.25) is 5.91 Å². The Morgan fingerprint density at radius 3 is 2.53 bits per heavy atom. The van der Waals surface area contributed by atoms with Crippen molar-refractivity contribution < 1.29 is 34.2 Å². The van der Waals surface area contributed by atoms with Crippen molar-refractivity contribution in [1.82, 2.24) is 15.2 Å². The molecular weight excluding hydrogens is 622 g/mol. The van der Waals surface area contributed by atoms with Gasteiger partial charge >= 0.3 is 0 Å². The van der Waals surface area contributed by atoms with Gasteiger partial charge in [0.25, 0.3) is 0 Å². The summed E-state index contributed by atoms with van der Waals surface area (Å²) in [7, 11) is 3.62. The first-order valence-electron chi connectivity index (χ1n) is 16.1. The summed E-state index contributed by atoms with van der Waals surface area (Å²) in [6.07, 6.45) is 1.31. The number of ether oxygens (including phenoxy) is 1. The van der Waals surface area contributed by atoms with E-state index in [-0.39, 0.29) is 23.5 Å². The molecule has 13 heteroatoms. The fourth-order valence-electron chi connectivity index (χ4n) is 5.97. The molecule has 1 unspecified atom stereocenters. The number of aromatic nitrogens is 1. The minimum atomic E-state index is -1.72. The van der Waals surface area contributed by atoms with E-state index in [0.717, 1.165) is 44.5 Å². The van der Waals surface area contributed by atoms with Gasteiger partial charge in [0.1, 0.15) is 24.4 Å². The number of nitrogens with zero attached hydrogens (tertiary/aromatic N) is 3. The van der Waals surface area contributed by atoms with E-state index in [9.17, 15) is 29.4 Å². The van der Waals surface area contributed by atoms with Crippen molar-refractivity contribution in [3.05, 3.63) is 45.4 Å². The summed E-state index contributed by atoms with van der Waals surface area (Å²) in [6.45, 7) is 10.1. The number of nitrogens with one attached hydrogen (secondary N) is 2. The molecule has 2 aliphatic rings. The summed E-state index contributed by atoms with van der Waals surface area (Å²) >= 11 is 0. The van der Waals surface area contributed by atoms with Crippen molar-refractivity contribution in [2.45, 2.75) is 83.7 Å². The van der Waals surface area contributed by atoms with E-state index in [1.165, 1.54) is 0 Å². The molecule has 0 saturated carbocycles. The van der Waals surface area contributed by atoms with Crippen LogP contribution in [-0.2, 0) is 20.3 Å². The van der Waals surface area contributed by atoms with Gasteiger partial charge in [-0.15, -0.1) is 0 Å². The molecule has 0 spiro atoms. The number of amides is 1. The SMILES string of the molecule is CN=C/C=c1\[nH]/c(=C(/C)C2=N/C(=C\C(NC)=C(C)C)[C@@H](C)[C@@H]2CCC(=O)N(C)CCCS(=O)[C@@H]2O[C@H](CO)[C@@H](O)[C@H](O)[C@H]2O)cc1C.